The van der Waals surface area contributed by atoms with Crippen molar-refractivity contribution in [3.8, 4) is 0 Å². The van der Waals surface area contributed by atoms with E-state index in [0.717, 1.165) is 0 Å². The van der Waals surface area contributed by atoms with Crippen molar-refractivity contribution in [2.75, 3.05) is 0 Å². The Morgan fingerprint density at radius 2 is 2.50 bits per heavy atom. The fourth-order valence-corrected chi connectivity index (χ4v) is 0.237. The Balaban J connectivity index is 2.99. The summed E-state index contributed by atoms with van der Waals surface area (Å²) in [5.74, 6) is 0. The minimum absolute atomic E-state index is 0.480. The Morgan fingerprint density at radius 3 is 2.50 bits per heavy atom. The number of thiol groups is 1. The van der Waals surface area contributed by atoms with Gasteiger partial charge in [0.2, 0.25) is 0 Å². The molecule has 0 fully saturated rings. The molecule has 0 aromatic rings. The lowest BCUT2D eigenvalue weighted by Crippen LogP contribution is -2.84. The van der Waals surface area contributed by atoms with Gasteiger partial charge in [-0.2, -0.15) is 0 Å². The fraction of sp³-hybridized carbons (Fsp3) is 0. The summed E-state index contributed by atoms with van der Waals surface area (Å²) in [6, 6.07) is 0. The first-order valence-corrected chi connectivity index (χ1v) is 2.53. The molecule has 0 heterocycles. The third kappa shape index (κ3) is 2.77. The van der Waals surface area contributed by atoms with Crippen molar-refractivity contribution in [1.29, 1.82) is 0 Å². The highest BCUT2D eigenvalue weighted by atomic mass is 32.1. The number of quaternary nitrogens is 1. The molecule has 0 atom stereocenters. The van der Waals surface area contributed by atoms with E-state index in [0.29, 0.717) is 5.11 Å². The molecule has 0 aromatic heterocycles. The topological polar surface area (TPSA) is 28.6 Å². The quantitative estimate of drug-likeness (QED) is 0.223. The summed E-state index contributed by atoms with van der Waals surface area (Å²) in [7, 11) is 0. The van der Waals surface area contributed by atoms with Gasteiger partial charge in [-0.1, -0.05) is 12.8 Å². The van der Waals surface area contributed by atoms with Crippen molar-refractivity contribution in [1.82, 2.24) is 4.72 Å². The molecule has 0 radical (unpaired) electrons. The summed E-state index contributed by atoms with van der Waals surface area (Å²) in [5.41, 5.74) is 0. The summed E-state index contributed by atoms with van der Waals surface area (Å²) in [4.78, 5) is 0. The van der Waals surface area contributed by atoms with Crippen LogP contribution in [0.15, 0.2) is 0 Å². The number of hydrogen-bond donors (Lipinski definition) is 3. The summed E-state index contributed by atoms with van der Waals surface area (Å²) in [5, 5.41) is 0.480. The first-order chi connectivity index (χ1) is 2.81. The summed E-state index contributed by atoms with van der Waals surface area (Å²) >= 11 is 12.5. The van der Waals surface area contributed by atoms with E-state index < -0.39 is 0 Å². The highest BCUT2D eigenvalue weighted by Gasteiger charge is 1.78. The molecule has 0 spiro atoms. The summed E-state index contributed by atoms with van der Waals surface area (Å²) in [6.45, 7) is 0. The monoisotopic (exact) mass is 140 g/mol. The van der Waals surface area contributed by atoms with Gasteiger partial charge in [-0.3, -0.25) is 4.72 Å². The van der Waals surface area contributed by atoms with Crippen LogP contribution in [0.1, 0.15) is 0 Å². The molecule has 0 saturated carbocycles. The minimum atomic E-state index is 0.480. The second-order valence-corrected chi connectivity index (χ2v) is 1.49. The molecule has 0 aliphatic carbocycles. The van der Waals surface area contributed by atoms with Crippen molar-refractivity contribution in [3.63, 3.8) is 0 Å². The zero-order valence-corrected chi connectivity index (χ0v) is 5.37. The van der Waals surface area contributed by atoms with Crippen LogP contribution in [0.3, 0.4) is 0 Å². The lowest BCUT2D eigenvalue weighted by atomic mass is 11.2. The first-order valence-electron chi connectivity index (χ1n) is 1.20. The number of nitrogens with two attached hydrogens (primary N) is 1. The van der Waals surface area contributed by atoms with Crippen LogP contribution < -0.4 is 9.44 Å². The summed E-state index contributed by atoms with van der Waals surface area (Å²) < 4.78 is 3.73. The van der Waals surface area contributed by atoms with Gasteiger partial charge in [0.25, 0.3) is 5.11 Å². The van der Waals surface area contributed by atoms with E-state index in [1.165, 1.54) is 4.72 Å². The third-order valence-electron chi connectivity index (χ3n) is 0.217. The van der Waals surface area contributed by atoms with E-state index in [1.54, 1.807) is 0 Å². The van der Waals surface area contributed by atoms with Gasteiger partial charge >= 0.3 is 0 Å². The van der Waals surface area contributed by atoms with Crippen LogP contribution in [-0.2, 0) is 12.8 Å². The fourth-order valence-electron chi connectivity index (χ4n) is 0.0264. The lowest BCUT2D eigenvalue weighted by Gasteiger charge is -1.97. The number of thiocarbonyl (C=S) groups is 1. The maximum absolute atomic E-state index is 4.51. The maximum atomic E-state index is 4.51. The molecule has 5 heteroatoms. The van der Waals surface area contributed by atoms with Gasteiger partial charge in [0, 0.05) is 12.2 Å². The second-order valence-electron chi connectivity index (χ2n) is 0.594. The molecule has 0 aliphatic rings. The standard InChI is InChI=1S/CH4N2S3/c4-1(2-5)3-6/h6H,2H2,(H,3,4). The van der Waals surface area contributed by atoms with Gasteiger partial charge in [0.15, 0.2) is 0 Å². The normalized spacial score (nSPS) is 7.67. The second kappa shape index (κ2) is 3.73. The zero-order valence-electron chi connectivity index (χ0n) is 2.84. The van der Waals surface area contributed by atoms with Gasteiger partial charge in [-0.05, 0) is 0 Å². The molecule has 0 aliphatic heterocycles. The van der Waals surface area contributed by atoms with Crippen LogP contribution in [0.2, 0.25) is 0 Å². The molecule has 0 rings (SSSR count). The average Bonchev–Trinajstić information content (AvgIpc) is 1.65. The van der Waals surface area contributed by atoms with E-state index in [-0.39, 0.29) is 0 Å². The van der Waals surface area contributed by atoms with Gasteiger partial charge in [-0.15, -0.1) is 0 Å². The smallest absolute Gasteiger partial charge is 0.258 e. The Morgan fingerprint density at radius 1 is 2.00 bits per heavy atom. The van der Waals surface area contributed by atoms with Gasteiger partial charge in [0.05, 0.1) is 0 Å². The van der Waals surface area contributed by atoms with Crippen molar-refractivity contribution in [2.24, 2.45) is 0 Å². The summed E-state index contributed by atoms with van der Waals surface area (Å²) in [6.07, 6.45) is 0. The van der Waals surface area contributed by atoms with Crippen LogP contribution in [-0.4, -0.2) is 5.11 Å². The number of nitrogens with one attached hydrogen (secondary N) is 1. The molecule has 2 nitrogen and oxygen atoms in total. The van der Waals surface area contributed by atoms with Crippen LogP contribution >= 0.6 is 25.0 Å². The molecule has 0 saturated heterocycles. The van der Waals surface area contributed by atoms with Crippen molar-refractivity contribution < 1.29 is 4.72 Å². The Labute approximate surface area is 52.8 Å². The van der Waals surface area contributed by atoms with Gasteiger partial charge < -0.3 is 17.5 Å². The minimum Gasteiger partial charge on any atom is -0.489 e. The molecule has 36 valence electrons. The van der Waals surface area contributed by atoms with Crippen LogP contribution in [0.5, 0.6) is 0 Å². The molecule has 6 heavy (non-hydrogen) atoms. The van der Waals surface area contributed by atoms with Crippen LogP contribution in [0, 0.1) is 0 Å². The third-order valence-corrected chi connectivity index (χ3v) is 1.21. The molecule has 0 unspecified atom stereocenters. The average molecular weight is 140 g/mol. The molecule has 0 amide bonds. The Bertz CT molecular complexity index is 46.8. The first kappa shape index (κ1) is 6.55. The van der Waals surface area contributed by atoms with Crippen molar-refractivity contribution >= 4 is 43.0 Å². The maximum Gasteiger partial charge on any atom is 0.258 e. The molecular weight excluding hydrogens is 136 g/mol. The number of rotatable bonds is 0. The van der Waals surface area contributed by atoms with Gasteiger partial charge in [0.1, 0.15) is 0 Å². The van der Waals surface area contributed by atoms with Crippen molar-refractivity contribution in [3.05, 3.63) is 0 Å². The molecule has 3 N–H and O–H groups in total. The van der Waals surface area contributed by atoms with E-state index in [4.69, 9.17) is 0 Å². The molecule has 0 bridgehead atoms. The molecular formula is CH4N2S3. The zero-order chi connectivity index (χ0) is 4.99. The Kier molecular flexibility index (Phi) is 4.07. The SMILES string of the molecule is S=C(NS)[NH2+][S-]. The van der Waals surface area contributed by atoms with E-state index in [2.05, 4.69) is 42.6 Å². The van der Waals surface area contributed by atoms with Crippen LogP contribution in [0.25, 0.3) is 0 Å². The highest BCUT2D eigenvalue weighted by molar-refractivity contribution is 7.84. The predicted molar refractivity (Wildman–Crippen MR) is 34.0 cm³/mol. The highest BCUT2D eigenvalue weighted by Crippen LogP contribution is 1.54. The van der Waals surface area contributed by atoms with E-state index >= 15 is 0 Å². The van der Waals surface area contributed by atoms with Gasteiger partial charge in [-0.25, -0.2) is 0 Å². The van der Waals surface area contributed by atoms with E-state index in [1.807, 2.05) is 0 Å². The molecule has 0 aromatic carbocycles. The lowest BCUT2D eigenvalue weighted by molar-refractivity contribution is -0.335. The van der Waals surface area contributed by atoms with Crippen LogP contribution in [0.4, 0.5) is 0 Å². The predicted octanol–water partition coefficient (Wildman–Crippen LogP) is -1.27. The number of hydrogen-bond acceptors (Lipinski definition) is 3. The largest absolute Gasteiger partial charge is 0.489 e. The van der Waals surface area contributed by atoms with E-state index in [9.17, 15) is 0 Å². The van der Waals surface area contributed by atoms with Crippen molar-refractivity contribution in [2.45, 2.75) is 0 Å². The Hall–Kier alpha value is 0.550.